The van der Waals surface area contributed by atoms with Crippen LogP contribution in [0.3, 0.4) is 0 Å². The van der Waals surface area contributed by atoms with Gasteiger partial charge in [0, 0.05) is 38.9 Å². The number of sulfonamides is 1. The lowest BCUT2D eigenvalue weighted by Gasteiger charge is -2.26. The Morgan fingerprint density at radius 2 is 1.93 bits per heavy atom. The molecule has 0 spiro atoms. The molecule has 2 aliphatic heterocycles. The van der Waals surface area contributed by atoms with Crippen LogP contribution in [0, 0.1) is 0 Å². The lowest BCUT2D eigenvalue weighted by Crippen LogP contribution is -2.43. The predicted molar refractivity (Wildman–Crippen MR) is 106 cm³/mol. The summed E-state index contributed by atoms with van der Waals surface area (Å²) in [5.74, 6) is -0.100. The van der Waals surface area contributed by atoms with Gasteiger partial charge < -0.3 is 5.32 Å². The van der Waals surface area contributed by atoms with E-state index in [0.29, 0.717) is 11.7 Å². The van der Waals surface area contributed by atoms with Crippen molar-refractivity contribution in [3.05, 3.63) is 24.3 Å². The second-order valence-corrected chi connectivity index (χ2v) is 9.81. The Hall–Kier alpha value is -1.48. The molecule has 1 N–H and O–H groups in total. The van der Waals surface area contributed by atoms with E-state index in [1.807, 2.05) is 6.92 Å². The van der Waals surface area contributed by atoms with Gasteiger partial charge in [-0.25, -0.2) is 12.7 Å². The Bertz CT molecular complexity index is 775. The van der Waals surface area contributed by atoms with E-state index in [-0.39, 0.29) is 16.8 Å². The van der Waals surface area contributed by atoms with Gasteiger partial charge in [0.2, 0.25) is 15.9 Å². The first kappa shape index (κ1) is 20.3. The fraction of sp³-hybridized carbons (Fsp3) is 0.632. The first-order valence-electron chi connectivity index (χ1n) is 9.60. The molecule has 0 saturated carbocycles. The minimum Gasteiger partial charge on any atom is -0.325 e. The summed E-state index contributed by atoms with van der Waals surface area (Å²) in [6, 6.07) is 6.72. The van der Waals surface area contributed by atoms with Crippen molar-refractivity contribution < 1.29 is 13.2 Å². The van der Waals surface area contributed by atoms with E-state index in [2.05, 4.69) is 15.1 Å². The number of nitrogens with one attached hydrogen (secondary N) is 1. The van der Waals surface area contributed by atoms with Crippen LogP contribution in [0.1, 0.15) is 26.2 Å². The van der Waals surface area contributed by atoms with Crippen LogP contribution in [-0.4, -0.2) is 80.8 Å². The minimum atomic E-state index is -3.52. The summed E-state index contributed by atoms with van der Waals surface area (Å²) in [5, 5.41) is 2.88. The van der Waals surface area contributed by atoms with E-state index in [0.717, 1.165) is 19.5 Å². The lowest BCUT2D eigenvalue weighted by atomic mass is 10.2. The molecule has 0 aliphatic carbocycles. The van der Waals surface area contributed by atoms with Crippen LogP contribution in [0.2, 0.25) is 0 Å². The standard InChI is InChI=1S/C19H30N4O3S/c1-15(23-12-9-17(14-23)22-10-4-5-11-22)19(24)20-16-7-6-8-18(13-16)27(25,26)21(2)3/h6-8,13,15,17H,4-5,9-12,14H2,1-3H3,(H,20,24). The highest BCUT2D eigenvalue weighted by Crippen LogP contribution is 2.23. The van der Waals surface area contributed by atoms with Gasteiger partial charge in [-0.2, -0.15) is 0 Å². The molecule has 2 fully saturated rings. The first-order chi connectivity index (χ1) is 12.8. The number of benzene rings is 1. The fourth-order valence-electron chi connectivity index (χ4n) is 3.88. The molecule has 1 aromatic carbocycles. The molecule has 1 amide bonds. The summed E-state index contributed by atoms with van der Waals surface area (Å²) in [5.41, 5.74) is 0.505. The van der Waals surface area contributed by atoms with Crippen LogP contribution in [0.15, 0.2) is 29.2 Å². The number of hydrogen-bond donors (Lipinski definition) is 1. The molecule has 27 heavy (non-hydrogen) atoms. The molecular formula is C19H30N4O3S. The molecule has 2 aliphatic rings. The highest BCUT2D eigenvalue weighted by atomic mass is 32.2. The highest BCUT2D eigenvalue weighted by Gasteiger charge is 2.33. The number of carbonyl (C=O) groups excluding carboxylic acids is 1. The molecule has 0 radical (unpaired) electrons. The molecule has 2 atom stereocenters. The van der Waals surface area contributed by atoms with Crippen molar-refractivity contribution in [2.45, 2.75) is 43.2 Å². The fourth-order valence-corrected chi connectivity index (χ4v) is 4.83. The second kappa shape index (κ2) is 8.26. The second-order valence-electron chi connectivity index (χ2n) is 7.66. The Balaban J connectivity index is 1.62. The lowest BCUT2D eigenvalue weighted by molar-refractivity contribution is -0.120. The first-order valence-corrected chi connectivity index (χ1v) is 11.0. The molecule has 3 rings (SSSR count). The highest BCUT2D eigenvalue weighted by molar-refractivity contribution is 7.89. The van der Waals surface area contributed by atoms with Crippen molar-refractivity contribution in [1.82, 2.24) is 14.1 Å². The number of nitrogens with zero attached hydrogens (tertiary/aromatic N) is 3. The number of likely N-dealkylation sites (tertiary alicyclic amines) is 2. The van der Waals surface area contributed by atoms with Crippen molar-refractivity contribution in [2.24, 2.45) is 0 Å². The number of amides is 1. The van der Waals surface area contributed by atoms with Crippen molar-refractivity contribution in [3.63, 3.8) is 0 Å². The van der Waals surface area contributed by atoms with E-state index in [4.69, 9.17) is 0 Å². The molecule has 2 heterocycles. The summed E-state index contributed by atoms with van der Waals surface area (Å²) in [7, 11) is -0.536. The summed E-state index contributed by atoms with van der Waals surface area (Å²) in [6.07, 6.45) is 3.66. The van der Waals surface area contributed by atoms with E-state index < -0.39 is 10.0 Å². The van der Waals surface area contributed by atoms with Gasteiger partial charge in [0.1, 0.15) is 0 Å². The maximum absolute atomic E-state index is 12.7. The van der Waals surface area contributed by atoms with Crippen molar-refractivity contribution >= 4 is 21.6 Å². The smallest absolute Gasteiger partial charge is 0.242 e. The molecule has 0 aromatic heterocycles. The van der Waals surface area contributed by atoms with E-state index >= 15 is 0 Å². The zero-order valence-electron chi connectivity index (χ0n) is 16.4. The number of carbonyl (C=O) groups is 1. The molecule has 2 saturated heterocycles. The SMILES string of the molecule is CC(C(=O)Nc1cccc(S(=O)(=O)N(C)C)c1)N1CCC(N2CCCC2)C1. The maximum Gasteiger partial charge on any atom is 0.242 e. The molecule has 1 aromatic rings. The Kier molecular flexibility index (Phi) is 6.20. The average Bonchev–Trinajstić information content (AvgIpc) is 3.32. The van der Waals surface area contributed by atoms with Gasteiger partial charge in [0.15, 0.2) is 0 Å². The van der Waals surface area contributed by atoms with Crippen LogP contribution in [0.5, 0.6) is 0 Å². The van der Waals surface area contributed by atoms with Gasteiger partial charge in [-0.3, -0.25) is 14.6 Å². The zero-order valence-corrected chi connectivity index (χ0v) is 17.2. The molecule has 7 nitrogen and oxygen atoms in total. The summed E-state index contributed by atoms with van der Waals surface area (Å²) in [4.78, 5) is 17.6. The van der Waals surface area contributed by atoms with Crippen LogP contribution in [0.25, 0.3) is 0 Å². The summed E-state index contributed by atoms with van der Waals surface area (Å²) in [6.45, 7) is 6.11. The Morgan fingerprint density at radius 3 is 2.59 bits per heavy atom. The average molecular weight is 395 g/mol. The van der Waals surface area contributed by atoms with Gasteiger partial charge >= 0.3 is 0 Å². The number of anilines is 1. The van der Waals surface area contributed by atoms with Crippen molar-refractivity contribution in [1.29, 1.82) is 0 Å². The van der Waals surface area contributed by atoms with Crippen molar-refractivity contribution in [2.75, 3.05) is 45.6 Å². The zero-order chi connectivity index (χ0) is 19.6. The predicted octanol–water partition coefficient (Wildman–Crippen LogP) is 1.43. The monoisotopic (exact) mass is 394 g/mol. The van der Waals surface area contributed by atoms with Crippen molar-refractivity contribution in [3.8, 4) is 0 Å². The Labute approximate surface area is 162 Å². The van der Waals surface area contributed by atoms with Crippen LogP contribution >= 0.6 is 0 Å². The Morgan fingerprint density at radius 1 is 1.22 bits per heavy atom. The quantitative estimate of drug-likeness (QED) is 0.790. The van der Waals surface area contributed by atoms with E-state index in [1.165, 1.54) is 56.5 Å². The maximum atomic E-state index is 12.7. The van der Waals surface area contributed by atoms with E-state index in [1.54, 1.807) is 12.1 Å². The third-order valence-electron chi connectivity index (χ3n) is 5.66. The molecule has 2 unspecified atom stereocenters. The van der Waals surface area contributed by atoms with Gasteiger partial charge in [-0.05, 0) is 57.5 Å². The van der Waals surface area contributed by atoms with E-state index in [9.17, 15) is 13.2 Å². The van der Waals surface area contributed by atoms with Gasteiger partial charge in [-0.15, -0.1) is 0 Å². The summed E-state index contributed by atoms with van der Waals surface area (Å²) >= 11 is 0. The van der Waals surface area contributed by atoms with Gasteiger partial charge in [-0.1, -0.05) is 6.07 Å². The number of rotatable bonds is 6. The van der Waals surface area contributed by atoms with Crippen LogP contribution in [-0.2, 0) is 14.8 Å². The van der Waals surface area contributed by atoms with Gasteiger partial charge in [0.25, 0.3) is 0 Å². The minimum absolute atomic E-state index is 0.100. The molecular weight excluding hydrogens is 364 g/mol. The normalized spacial score (nSPS) is 23.0. The summed E-state index contributed by atoms with van der Waals surface area (Å²) < 4.78 is 25.7. The van der Waals surface area contributed by atoms with Crippen LogP contribution < -0.4 is 5.32 Å². The number of hydrogen-bond acceptors (Lipinski definition) is 5. The largest absolute Gasteiger partial charge is 0.325 e. The third kappa shape index (κ3) is 4.51. The van der Waals surface area contributed by atoms with Gasteiger partial charge in [0.05, 0.1) is 10.9 Å². The topological polar surface area (TPSA) is 73.0 Å². The van der Waals surface area contributed by atoms with Crippen LogP contribution in [0.4, 0.5) is 5.69 Å². The molecule has 150 valence electrons. The third-order valence-corrected chi connectivity index (χ3v) is 7.47. The molecule has 8 heteroatoms. The molecule has 0 bridgehead atoms.